The third kappa shape index (κ3) is 7.65. The van der Waals surface area contributed by atoms with Crippen LogP contribution in [0.15, 0.2) is 57.9 Å². The summed E-state index contributed by atoms with van der Waals surface area (Å²) in [4.78, 5) is 3.78. The Labute approximate surface area is 231 Å². The minimum Gasteiger partial charge on any atom is -0.393 e. The highest BCUT2D eigenvalue weighted by Crippen LogP contribution is 2.40. The van der Waals surface area contributed by atoms with Gasteiger partial charge in [0.2, 0.25) is 0 Å². The van der Waals surface area contributed by atoms with Crippen molar-refractivity contribution in [3.63, 3.8) is 0 Å². The van der Waals surface area contributed by atoms with Crippen molar-refractivity contribution >= 4 is 5.71 Å². The van der Waals surface area contributed by atoms with Crippen LogP contribution in [0.5, 0.6) is 0 Å². The number of nitrogens with zero attached hydrogens (tertiary/aromatic N) is 5. The van der Waals surface area contributed by atoms with Gasteiger partial charge in [-0.1, -0.05) is 12.1 Å². The van der Waals surface area contributed by atoms with E-state index in [-0.39, 0.29) is 19.2 Å². The fourth-order valence-corrected chi connectivity index (χ4v) is 4.69. The van der Waals surface area contributed by atoms with Crippen molar-refractivity contribution in [3.8, 4) is 0 Å². The SMILES string of the molecule is CN(C)CC1=NN=NC1CN1CCOC(OC(CO)c2cc(C(F)(F)F)cc(C(F)(F)F)c2)C1c1ccc(F)cc1. The van der Waals surface area contributed by atoms with Gasteiger partial charge in [-0.25, -0.2) is 4.39 Å². The van der Waals surface area contributed by atoms with E-state index in [1.165, 1.54) is 24.3 Å². The highest BCUT2D eigenvalue weighted by Gasteiger charge is 2.41. The van der Waals surface area contributed by atoms with Gasteiger partial charge < -0.3 is 19.5 Å². The predicted octanol–water partition coefficient (Wildman–Crippen LogP) is 5.06. The first-order valence-electron chi connectivity index (χ1n) is 12.5. The van der Waals surface area contributed by atoms with E-state index < -0.39 is 65.9 Å². The summed E-state index contributed by atoms with van der Waals surface area (Å²) in [6.07, 6.45) is -13.0. The summed E-state index contributed by atoms with van der Waals surface area (Å²) in [5.74, 6) is -0.517. The van der Waals surface area contributed by atoms with Crippen molar-refractivity contribution in [1.82, 2.24) is 9.80 Å². The van der Waals surface area contributed by atoms with E-state index in [4.69, 9.17) is 9.47 Å². The molecule has 0 aliphatic carbocycles. The van der Waals surface area contributed by atoms with Crippen molar-refractivity contribution in [2.75, 3.05) is 46.9 Å². The fourth-order valence-electron chi connectivity index (χ4n) is 4.69. The first kappa shape index (κ1) is 31.0. The second-order valence-corrected chi connectivity index (χ2v) is 9.93. The monoisotopic (exact) mass is 591 g/mol. The molecule has 0 saturated carbocycles. The van der Waals surface area contributed by atoms with Gasteiger partial charge in [-0.15, -0.1) is 5.10 Å². The number of benzene rings is 2. The lowest BCUT2D eigenvalue weighted by atomic mass is 9.99. The van der Waals surface area contributed by atoms with E-state index in [2.05, 4.69) is 15.4 Å². The number of ether oxygens (including phenoxy) is 2. The zero-order chi connectivity index (χ0) is 29.9. The van der Waals surface area contributed by atoms with Crippen LogP contribution in [0.1, 0.15) is 34.4 Å². The summed E-state index contributed by atoms with van der Waals surface area (Å²) in [6.45, 7) is 0.237. The molecule has 4 rings (SSSR count). The van der Waals surface area contributed by atoms with Gasteiger partial charge in [0.1, 0.15) is 18.0 Å². The Morgan fingerprint density at radius 1 is 1.05 bits per heavy atom. The van der Waals surface area contributed by atoms with Crippen LogP contribution in [0.3, 0.4) is 0 Å². The topological polar surface area (TPSA) is 82.3 Å². The molecule has 8 nitrogen and oxygen atoms in total. The second-order valence-electron chi connectivity index (χ2n) is 9.93. The molecule has 4 unspecified atom stereocenters. The van der Waals surface area contributed by atoms with Crippen LogP contribution in [0.25, 0.3) is 0 Å². The van der Waals surface area contributed by atoms with Gasteiger partial charge in [-0.3, -0.25) is 4.90 Å². The fraction of sp³-hybridized carbons (Fsp3) is 0.500. The Bertz CT molecular complexity index is 1220. The summed E-state index contributed by atoms with van der Waals surface area (Å²) in [7, 11) is 3.70. The van der Waals surface area contributed by atoms with Crippen LogP contribution in [-0.4, -0.2) is 79.9 Å². The van der Waals surface area contributed by atoms with E-state index in [9.17, 15) is 35.8 Å². The van der Waals surface area contributed by atoms with Crippen molar-refractivity contribution < 1.29 is 45.3 Å². The largest absolute Gasteiger partial charge is 0.416 e. The molecule has 2 aliphatic heterocycles. The molecule has 1 N–H and O–H groups in total. The Morgan fingerprint density at radius 3 is 2.24 bits per heavy atom. The molecule has 0 spiro atoms. The summed E-state index contributed by atoms with van der Waals surface area (Å²) < 4.78 is 106. The van der Waals surface area contributed by atoms with Crippen LogP contribution in [0.4, 0.5) is 30.7 Å². The Kier molecular flexibility index (Phi) is 9.43. The molecule has 15 heteroatoms. The molecule has 0 bridgehead atoms. The van der Waals surface area contributed by atoms with Gasteiger partial charge in [0.15, 0.2) is 6.29 Å². The number of rotatable bonds is 9. The summed E-state index contributed by atoms with van der Waals surface area (Å²) in [5.41, 5.74) is -2.41. The first-order chi connectivity index (χ1) is 19.3. The van der Waals surface area contributed by atoms with Crippen LogP contribution in [0, 0.1) is 5.82 Å². The third-order valence-corrected chi connectivity index (χ3v) is 6.60. The normalized spacial score (nSPS) is 22.8. The van der Waals surface area contributed by atoms with Crippen LogP contribution >= 0.6 is 0 Å². The van der Waals surface area contributed by atoms with Gasteiger partial charge >= 0.3 is 12.4 Å². The summed E-state index contributed by atoms with van der Waals surface area (Å²) in [6, 6.07) is 5.15. The molecule has 0 radical (unpaired) electrons. The number of halogens is 7. The summed E-state index contributed by atoms with van der Waals surface area (Å²) in [5, 5.41) is 22.1. The minimum atomic E-state index is -5.08. The molecule has 2 aromatic carbocycles. The van der Waals surface area contributed by atoms with Gasteiger partial charge in [0.05, 0.1) is 36.1 Å². The summed E-state index contributed by atoms with van der Waals surface area (Å²) >= 11 is 0. The zero-order valence-corrected chi connectivity index (χ0v) is 22.0. The predicted molar refractivity (Wildman–Crippen MR) is 132 cm³/mol. The molecule has 2 aliphatic rings. The van der Waals surface area contributed by atoms with Gasteiger partial charge in [-0.05, 0) is 60.8 Å². The van der Waals surface area contributed by atoms with E-state index in [0.717, 1.165) is 0 Å². The zero-order valence-electron chi connectivity index (χ0n) is 22.0. The molecule has 0 aromatic heterocycles. The van der Waals surface area contributed by atoms with E-state index in [1.807, 2.05) is 23.9 Å². The second kappa shape index (κ2) is 12.5. The molecule has 224 valence electrons. The number of aliphatic hydroxyl groups excluding tert-OH is 1. The van der Waals surface area contributed by atoms with E-state index in [0.29, 0.717) is 36.5 Å². The van der Waals surface area contributed by atoms with Gasteiger partial charge in [0.25, 0.3) is 0 Å². The molecule has 2 aromatic rings. The Morgan fingerprint density at radius 2 is 1.68 bits per heavy atom. The van der Waals surface area contributed by atoms with Crippen LogP contribution in [0.2, 0.25) is 0 Å². The highest BCUT2D eigenvalue weighted by molar-refractivity contribution is 5.92. The Balaban J connectivity index is 1.67. The van der Waals surface area contributed by atoms with Crippen LogP contribution < -0.4 is 0 Å². The molecule has 41 heavy (non-hydrogen) atoms. The minimum absolute atomic E-state index is 0.00111. The number of hydrogen-bond donors (Lipinski definition) is 1. The van der Waals surface area contributed by atoms with Gasteiger partial charge in [-0.2, -0.15) is 31.5 Å². The average Bonchev–Trinajstić information content (AvgIpc) is 3.32. The molecule has 1 saturated heterocycles. The van der Waals surface area contributed by atoms with Crippen molar-refractivity contribution in [1.29, 1.82) is 0 Å². The number of hydrogen-bond acceptors (Lipinski definition) is 8. The highest BCUT2D eigenvalue weighted by atomic mass is 19.4. The molecular weight excluding hydrogens is 563 g/mol. The maximum absolute atomic E-state index is 13.8. The van der Waals surface area contributed by atoms with Crippen molar-refractivity contribution in [2.45, 2.75) is 36.8 Å². The van der Waals surface area contributed by atoms with Crippen molar-refractivity contribution in [3.05, 3.63) is 70.5 Å². The smallest absolute Gasteiger partial charge is 0.393 e. The molecule has 4 atom stereocenters. The molecule has 2 heterocycles. The maximum Gasteiger partial charge on any atom is 0.416 e. The number of aliphatic hydroxyl groups is 1. The molecular formula is C26H28F7N5O3. The van der Waals surface area contributed by atoms with E-state index >= 15 is 0 Å². The third-order valence-electron chi connectivity index (χ3n) is 6.60. The molecule has 1 fully saturated rings. The van der Waals surface area contributed by atoms with Crippen LogP contribution in [-0.2, 0) is 21.8 Å². The molecule has 0 amide bonds. The lowest BCUT2D eigenvalue weighted by molar-refractivity contribution is -0.237. The quantitative estimate of drug-likeness (QED) is 0.413. The number of morpholine rings is 1. The maximum atomic E-state index is 13.8. The van der Waals surface area contributed by atoms with E-state index in [1.54, 1.807) is 0 Å². The van der Waals surface area contributed by atoms with Gasteiger partial charge in [0, 0.05) is 19.6 Å². The average molecular weight is 592 g/mol. The standard InChI is InChI=1S/C26H28F7N5O3/c1-37(2)12-20-21(35-36-34-20)13-38-7-8-40-24(23(38)15-3-5-19(27)6-4-15)41-22(14-39)16-9-17(25(28,29)30)11-18(10-16)26(31,32)33/h3-6,9-11,21-24,39H,7-8,12-14H2,1-2H3. The van der Waals surface area contributed by atoms with Crippen molar-refractivity contribution in [2.24, 2.45) is 15.4 Å². The lowest BCUT2D eigenvalue weighted by Crippen LogP contribution is -2.50. The Hall–Kier alpha value is -2.98. The number of alkyl halides is 6. The lowest BCUT2D eigenvalue weighted by Gasteiger charge is -2.42. The first-order valence-corrected chi connectivity index (χ1v) is 12.5.